The number of rotatable bonds is 4. The standard InChI is InChI=1S/C18H21F2NO3/c19-12-3-4-13(15(20)10-12)17(6-7-17)11-21-16(22)14-2-1-5-18(14)23-8-9-24-18/h3-4,10,14H,1-2,5-9,11H2,(H,21,22)/t14-/m0/s1. The van der Waals surface area contributed by atoms with Crippen molar-refractivity contribution >= 4 is 5.91 Å². The van der Waals surface area contributed by atoms with Gasteiger partial charge in [-0.3, -0.25) is 4.79 Å². The Morgan fingerprint density at radius 1 is 1.21 bits per heavy atom. The smallest absolute Gasteiger partial charge is 0.228 e. The molecule has 6 heteroatoms. The van der Waals surface area contributed by atoms with Crippen LogP contribution in [0.25, 0.3) is 0 Å². The molecule has 3 aliphatic rings. The molecule has 1 amide bonds. The second kappa shape index (κ2) is 5.77. The molecular weight excluding hydrogens is 316 g/mol. The fraction of sp³-hybridized carbons (Fsp3) is 0.611. The van der Waals surface area contributed by atoms with Gasteiger partial charge in [0, 0.05) is 24.4 Å². The van der Waals surface area contributed by atoms with E-state index in [1.165, 1.54) is 12.1 Å². The highest BCUT2D eigenvalue weighted by Gasteiger charge is 2.52. The molecule has 2 saturated carbocycles. The minimum absolute atomic E-state index is 0.0943. The average molecular weight is 337 g/mol. The Hall–Kier alpha value is -1.53. The molecule has 4 rings (SSSR count). The van der Waals surface area contributed by atoms with Crippen molar-refractivity contribution in [3.63, 3.8) is 0 Å². The predicted molar refractivity (Wildman–Crippen MR) is 82.3 cm³/mol. The van der Waals surface area contributed by atoms with Crippen molar-refractivity contribution in [2.75, 3.05) is 19.8 Å². The number of benzene rings is 1. The SMILES string of the molecule is O=C(NCC1(c2ccc(F)cc2F)CC1)[C@@H]1CCCC12OCCO2. The van der Waals surface area contributed by atoms with Gasteiger partial charge in [0.1, 0.15) is 11.6 Å². The number of hydrogen-bond donors (Lipinski definition) is 1. The van der Waals surface area contributed by atoms with E-state index in [2.05, 4.69) is 5.32 Å². The molecular formula is C18H21F2NO3. The Balaban J connectivity index is 1.44. The number of amides is 1. The van der Waals surface area contributed by atoms with E-state index < -0.39 is 22.8 Å². The summed E-state index contributed by atoms with van der Waals surface area (Å²) in [5.41, 5.74) is 0.0788. The second-order valence-corrected chi connectivity index (χ2v) is 7.08. The molecule has 24 heavy (non-hydrogen) atoms. The zero-order valence-electron chi connectivity index (χ0n) is 13.4. The van der Waals surface area contributed by atoms with Crippen LogP contribution in [0.3, 0.4) is 0 Å². The first-order chi connectivity index (χ1) is 11.5. The Bertz CT molecular complexity index is 648. The first-order valence-corrected chi connectivity index (χ1v) is 8.56. The van der Waals surface area contributed by atoms with Gasteiger partial charge in [0.15, 0.2) is 5.79 Å². The van der Waals surface area contributed by atoms with E-state index in [4.69, 9.17) is 9.47 Å². The monoisotopic (exact) mass is 337 g/mol. The van der Waals surface area contributed by atoms with Crippen molar-refractivity contribution < 1.29 is 23.0 Å². The van der Waals surface area contributed by atoms with Gasteiger partial charge in [-0.15, -0.1) is 0 Å². The van der Waals surface area contributed by atoms with Gasteiger partial charge in [-0.05, 0) is 37.3 Å². The number of ether oxygens (including phenoxy) is 2. The van der Waals surface area contributed by atoms with Crippen LogP contribution in [0, 0.1) is 17.6 Å². The number of hydrogen-bond acceptors (Lipinski definition) is 3. The van der Waals surface area contributed by atoms with E-state index in [-0.39, 0.29) is 11.8 Å². The molecule has 1 aromatic rings. The summed E-state index contributed by atoms with van der Waals surface area (Å²) >= 11 is 0. The van der Waals surface area contributed by atoms with Gasteiger partial charge < -0.3 is 14.8 Å². The molecule has 1 saturated heterocycles. The summed E-state index contributed by atoms with van der Waals surface area (Å²) in [6.45, 7) is 1.41. The quantitative estimate of drug-likeness (QED) is 0.919. The maximum absolute atomic E-state index is 14.1. The van der Waals surface area contributed by atoms with Crippen LogP contribution in [0.4, 0.5) is 8.78 Å². The van der Waals surface area contributed by atoms with E-state index in [1.54, 1.807) is 0 Å². The fourth-order valence-corrected chi connectivity index (χ4v) is 4.08. The van der Waals surface area contributed by atoms with Gasteiger partial charge in [0.05, 0.1) is 19.1 Å². The highest BCUT2D eigenvalue weighted by atomic mass is 19.1. The number of carbonyl (C=O) groups is 1. The third kappa shape index (κ3) is 2.62. The van der Waals surface area contributed by atoms with Gasteiger partial charge in [-0.25, -0.2) is 8.78 Å². The Morgan fingerprint density at radius 2 is 1.96 bits per heavy atom. The topological polar surface area (TPSA) is 47.6 Å². The lowest BCUT2D eigenvalue weighted by atomic mass is 9.94. The molecule has 1 aromatic carbocycles. The summed E-state index contributed by atoms with van der Waals surface area (Å²) in [5.74, 6) is -2.29. The summed E-state index contributed by atoms with van der Waals surface area (Å²) in [6.07, 6.45) is 3.96. The first kappa shape index (κ1) is 16.0. The largest absolute Gasteiger partial charge is 0.355 e. The molecule has 0 aromatic heterocycles. The van der Waals surface area contributed by atoms with Crippen LogP contribution in [0.1, 0.15) is 37.7 Å². The lowest BCUT2D eigenvalue weighted by Crippen LogP contribution is -2.46. The van der Waals surface area contributed by atoms with Crippen LogP contribution in [-0.2, 0) is 19.7 Å². The van der Waals surface area contributed by atoms with Crippen molar-refractivity contribution in [3.8, 4) is 0 Å². The molecule has 2 aliphatic carbocycles. The second-order valence-electron chi connectivity index (χ2n) is 7.08. The molecule has 1 aliphatic heterocycles. The normalized spacial score (nSPS) is 26.7. The zero-order valence-corrected chi connectivity index (χ0v) is 13.4. The lowest BCUT2D eigenvalue weighted by molar-refractivity contribution is -0.186. The summed E-state index contributed by atoms with van der Waals surface area (Å²) < 4.78 is 38.6. The van der Waals surface area contributed by atoms with Crippen molar-refractivity contribution in [1.82, 2.24) is 5.32 Å². The number of nitrogens with one attached hydrogen (secondary N) is 1. The summed E-state index contributed by atoms with van der Waals surface area (Å²) in [4.78, 5) is 12.6. The summed E-state index contributed by atoms with van der Waals surface area (Å²) in [5, 5.41) is 2.96. The number of halogens is 2. The van der Waals surface area contributed by atoms with Crippen LogP contribution in [-0.4, -0.2) is 31.5 Å². The third-order valence-electron chi connectivity index (χ3n) is 5.60. The fourth-order valence-electron chi connectivity index (χ4n) is 4.08. The van der Waals surface area contributed by atoms with Crippen LogP contribution < -0.4 is 5.32 Å². The number of carbonyl (C=O) groups excluding carboxylic acids is 1. The molecule has 0 bridgehead atoms. The van der Waals surface area contributed by atoms with Crippen molar-refractivity contribution in [1.29, 1.82) is 0 Å². The lowest BCUT2D eigenvalue weighted by Gasteiger charge is -2.29. The van der Waals surface area contributed by atoms with E-state index >= 15 is 0 Å². The maximum atomic E-state index is 14.1. The van der Waals surface area contributed by atoms with Crippen LogP contribution >= 0.6 is 0 Å². The predicted octanol–water partition coefficient (Wildman–Crippen LogP) is 2.66. The average Bonchev–Trinajstić information content (AvgIpc) is 3.01. The Morgan fingerprint density at radius 3 is 2.62 bits per heavy atom. The highest BCUT2D eigenvalue weighted by Crippen LogP contribution is 2.49. The van der Waals surface area contributed by atoms with Crippen LogP contribution in [0.2, 0.25) is 0 Å². The van der Waals surface area contributed by atoms with Crippen molar-refractivity contribution in [2.45, 2.75) is 43.3 Å². The molecule has 0 radical (unpaired) electrons. The first-order valence-electron chi connectivity index (χ1n) is 8.56. The summed E-state index contributed by atoms with van der Waals surface area (Å²) in [6, 6.07) is 3.67. The minimum Gasteiger partial charge on any atom is -0.355 e. The Labute approximate surface area is 139 Å². The maximum Gasteiger partial charge on any atom is 0.228 e. The third-order valence-corrected chi connectivity index (χ3v) is 5.60. The van der Waals surface area contributed by atoms with Gasteiger partial charge in [0.2, 0.25) is 5.91 Å². The molecule has 1 N–H and O–H groups in total. The van der Waals surface area contributed by atoms with E-state index in [0.717, 1.165) is 38.2 Å². The molecule has 1 atom stereocenters. The van der Waals surface area contributed by atoms with Crippen molar-refractivity contribution in [3.05, 3.63) is 35.4 Å². The molecule has 130 valence electrons. The summed E-state index contributed by atoms with van der Waals surface area (Å²) in [7, 11) is 0. The van der Waals surface area contributed by atoms with Gasteiger partial charge in [0.25, 0.3) is 0 Å². The highest BCUT2D eigenvalue weighted by molar-refractivity contribution is 5.80. The van der Waals surface area contributed by atoms with Gasteiger partial charge in [-0.1, -0.05) is 6.07 Å². The molecule has 0 unspecified atom stereocenters. The van der Waals surface area contributed by atoms with Crippen LogP contribution in [0.5, 0.6) is 0 Å². The zero-order chi connectivity index (χ0) is 16.8. The van der Waals surface area contributed by atoms with Gasteiger partial charge >= 0.3 is 0 Å². The molecule has 4 nitrogen and oxygen atoms in total. The van der Waals surface area contributed by atoms with E-state index in [0.29, 0.717) is 25.3 Å². The molecule has 3 fully saturated rings. The van der Waals surface area contributed by atoms with Gasteiger partial charge in [-0.2, -0.15) is 0 Å². The van der Waals surface area contributed by atoms with Crippen molar-refractivity contribution in [2.24, 2.45) is 5.92 Å². The Kier molecular flexibility index (Phi) is 3.84. The van der Waals surface area contributed by atoms with E-state index in [9.17, 15) is 13.6 Å². The van der Waals surface area contributed by atoms with Crippen LogP contribution in [0.15, 0.2) is 18.2 Å². The van der Waals surface area contributed by atoms with E-state index in [1.807, 2.05) is 0 Å². The minimum atomic E-state index is -0.762. The molecule has 1 heterocycles. The molecule has 1 spiro atoms.